The molecule has 1 saturated heterocycles. The van der Waals surface area contributed by atoms with Crippen LogP contribution in [0.2, 0.25) is 0 Å². The van der Waals surface area contributed by atoms with Crippen LogP contribution in [0.15, 0.2) is 54.6 Å². The van der Waals surface area contributed by atoms with Crippen LogP contribution in [0.5, 0.6) is 5.75 Å². The van der Waals surface area contributed by atoms with Gasteiger partial charge in [-0.2, -0.15) is 0 Å². The molecule has 19 heteroatoms. The number of aliphatic carboxylic acids is 2. The Bertz CT molecular complexity index is 2240. The van der Waals surface area contributed by atoms with Crippen molar-refractivity contribution in [1.29, 1.82) is 0 Å². The number of pyridine rings is 1. The van der Waals surface area contributed by atoms with Gasteiger partial charge < -0.3 is 41.1 Å². The number of ketones is 1. The number of aromatic nitrogens is 1. The maximum absolute atomic E-state index is 14.5. The number of carbonyl (C=O) groups is 8. The summed E-state index contributed by atoms with van der Waals surface area (Å²) in [5.41, 5.74) is 0.193. The summed E-state index contributed by atoms with van der Waals surface area (Å²) in [7, 11) is 0. The Morgan fingerprint density at radius 1 is 0.785 bits per heavy atom. The molecular weight excluding hydrogens is 851 g/mol. The Balaban J connectivity index is 1.56. The number of hydrogen-bond donors (Lipinski definition) is 6. The van der Waals surface area contributed by atoms with E-state index in [4.69, 9.17) is 4.74 Å². The van der Waals surface area contributed by atoms with Crippen molar-refractivity contribution < 1.29 is 62.1 Å². The number of nitrogens with zero attached hydrogens (tertiary/aromatic N) is 2. The summed E-state index contributed by atoms with van der Waals surface area (Å²) in [6.45, 7) is 11.4. The highest BCUT2D eigenvalue weighted by molar-refractivity contribution is 6.00. The van der Waals surface area contributed by atoms with Crippen molar-refractivity contribution in [2.75, 3.05) is 13.2 Å². The van der Waals surface area contributed by atoms with Crippen LogP contribution in [0.3, 0.4) is 0 Å². The van der Waals surface area contributed by atoms with Crippen LogP contribution >= 0.6 is 0 Å². The van der Waals surface area contributed by atoms with Crippen LogP contribution in [0.4, 0.5) is 8.78 Å². The number of hydrogen-bond acceptors (Lipinski definition) is 10. The second-order valence-electron chi connectivity index (χ2n) is 18.1. The maximum atomic E-state index is 14.5. The van der Waals surface area contributed by atoms with Gasteiger partial charge in [0.15, 0.2) is 23.2 Å². The van der Waals surface area contributed by atoms with Gasteiger partial charge in [0.25, 0.3) is 5.91 Å². The van der Waals surface area contributed by atoms with Crippen molar-refractivity contribution in [1.82, 2.24) is 31.2 Å². The number of para-hydroxylation sites is 2. The van der Waals surface area contributed by atoms with Gasteiger partial charge in [-0.05, 0) is 66.7 Å². The first-order valence-corrected chi connectivity index (χ1v) is 21.4. The number of likely N-dealkylation sites (tertiary alicyclic amines) is 1. The molecule has 5 amide bonds. The Kier molecular flexibility index (Phi) is 17.6. The molecule has 4 rings (SSSR count). The number of rotatable bonds is 21. The van der Waals surface area contributed by atoms with Crippen LogP contribution in [0, 0.1) is 34.8 Å². The number of ether oxygens (including phenoxy) is 1. The van der Waals surface area contributed by atoms with Gasteiger partial charge >= 0.3 is 11.9 Å². The molecule has 1 fully saturated rings. The van der Waals surface area contributed by atoms with Crippen molar-refractivity contribution in [2.24, 2.45) is 23.2 Å². The lowest BCUT2D eigenvalue weighted by Crippen LogP contribution is -2.61. The van der Waals surface area contributed by atoms with E-state index >= 15 is 0 Å². The zero-order valence-corrected chi connectivity index (χ0v) is 37.5. The third kappa shape index (κ3) is 14.2. The topological polar surface area (TPSA) is 250 Å². The highest BCUT2D eigenvalue weighted by Crippen LogP contribution is 2.36. The quantitative estimate of drug-likeness (QED) is 0.0887. The highest BCUT2D eigenvalue weighted by Gasteiger charge is 2.46. The maximum Gasteiger partial charge on any atom is 0.305 e. The molecule has 1 aliphatic heterocycles. The van der Waals surface area contributed by atoms with Gasteiger partial charge in [0.1, 0.15) is 36.5 Å². The van der Waals surface area contributed by atoms with Gasteiger partial charge in [0.2, 0.25) is 23.6 Å². The number of carboxylic acids is 2. The average Bonchev–Trinajstić information content (AvgIpc) is 3.63. The normalized spacial score (nSPS) is 16.9. The molecule has 352 valence electrons. The smallest absolute Gasteiger partial charge is 0.305 e. The van der Waals surface area contributed by atoms with Crippen molar-refractivity contribution >= 4 is 58.2 Å². The zero-order valence-electron chi connectivity index (χ0n) is 37.5. The number of amides is 5. The highest BCUT2D eigenvalue weighted by atomic mass is 19.1. The molecule has 6 N–H and O–H groups in total. The summed E-state index contributed by atoms with van der Waals surface area (Å²) in [6.07, 6.45) is -1.17. The fraction of sp³-hybridized carbons (Fsp3) is 0.500. The minimum absolute atomic E-state index is 0.0201. The van der Waals surface area contributed by atoms with Crippen molar-refractivity contribution in [3.05, 3.63) is 71.9 Å². The predicted octanol–water partition coefficient (Wildman–Crippen LogP) is 4.02. The van der Waals surface area contributed by atoms with E-state index in [0.717, 1.165) is 23.6 Å². The molecule has 6 atom stereocenters. The zero-order chi connectivity index (χ0) is 48.3. The molecule has 65 heavy (non-hydrogen) atoms. The molecule has 0 unspecified atom stereocenters. The van der Waals surface area contributed by atoms with E-state index in [-0.39, 0.29) is 17.7 Å². The third-order valence-electron chi connectivity index (χ3n) is 10.9. The first-order chi connectivity index (χ1) is 30.5. The largest absolute Gasteiger partial charge is 0.481 e. The van der Waals surface area contributed by atoms with Gasteiger partial charge in [-0.3, -0.25) is 38.4 Å². The lowest BCUT2D eigenvalue weighted by molar-refractivity contribution is -0.145. The molecule has 17 nitrogen and oxygen atoms in total. The minimum atomic E-state index is -1.72. The van der Waals surface area contributed by atoms with Crippen LogP contribution in [-0.4, -0.2) is 111 Å². The number of fused-ring (bicyclic) bond motifs is 1. The Morgan fingerprint density at radius 2 is 1.43 bits per heavy atom. The van der Waals surface area contributed by atoms with E-state index in [1.54, 1.807) is 45.9 Å². The average molecular weight is 909 g/mol. The summed E-state index contributed by atoms with van der Waals surface area (Å²) < 4.78 is 33.7. The number of Topliss-reactive ketones (excluding diaryl/α,β-unsaturated/α-hetero) is 1. The second kappa shape index (κ2) is 22.4. The standard InChI is InChI=1S/C46H58F2N6O11/c1-24(2)37(52-41(60)32-16-15-26-11-8-9-14-30(26)49-32)43(62)51-33(21-36(58)59)42(61)53-38(25(3)4)45(64)54-20-19-27(22-46(5,6)7)39(54)44(63)50-31(17-18-35(56)57)34(55)23-65-40-28(47)12-10-13-29(40)48/h8-16,24-25,27,31,33,37-39H,17-23H2,1-7H3,(H,50,63)(H,51,62)(H,52,60)(H,53,61)(H,56,57)(H,58,59)/t27-,31+,33+,37+,38+,39+/m1/s1. The molecule has 3 aromatic rings. The Hall–Kier alpha value is -6.53. The fourth-order valence-corrected chi connectivity index (χ4v) is 7.70. The lowest BCUT2D eigenvalue weighted by Gasteiger charge is -2.35. The number of halogens is 2. The molecule has 2 heterocycles. The molecule has 0 aliphatic carbocycles. The SMILES string of the molecule is CC(C)[C@H](NC(=O)c1ccc2ccccc2n1)C(=O)N[C@@H](CC(=O)O)C(=O)N[C@H](C(=O)N1CC[C@H](CC(C)(C)C)[C@H]1C(=O)N[C@@H](CCC(=O)O)C(=O)COc1c(F)cccc1F)C(C)C. The van der Waals surface area contributed by atoms with Crippen molar-refractivity contribution in [2.45, 2.75) is 111 Å². The monoisotopic (exact) mass is 908 g/mol. The molecular formula is C46H58F2N6O11. The predicted molar refractivity (Wildman–Crippen MR) is 232 cm³/mol. The van der Waals surface area contributed by atoms with E-state index in [1.165, 1.54) is 11.0 Å². The lowest BCUT2D eigenvalue weighted by atomic mass is 9.81. The van der Waals surface area contributed by atoms with Crippen LogP contribution in [0.25, 0.3) is 10.9 Å². The second-order valence-corrected chi connectivity index (χ2v) is 18.1. The summed E-state index contributed by atoms with van der Waals surface area (Å²) in [5.74, 6) is -12.5. The first-order valence-electron chi connectivity index (χ1n) is 21.4. The number of carbonyl (C=O) groups excluding carboxylic acids is 6. The molecule has 1 aliphatic rings. The van der Waals surface area contributed by atoms with Gasteiger partial charge in [0.05, 0.1) is 18.0 Å². The van der Waals surface area contributed by atoms with Crippen LogP contribution in [-0.2, 0) is 33.6 Å². The van der Waals surface area contributed by atoms with E-state index in [2.05, 4.69) is 26.3 Å². The summed E-state index contributed by atoms with van der Waals surface area (Å²) in [5, 5.41) is 30.2. The molecule has 0 bridgehead atoms. The van der Waals surface area contributed by atoms with Gasteiger partial charge in [0, 0.05) is 18.4 Å². The Morgan fingerprint density at radius 3 is 2.03 bits per heavy atom. The van der Waals surface area contributed by atoms with E-state index in [9.17, 15) is 57.4 Å². The fourth-order valence-electron chi connectivity index (χ4n) is 7.70. The molecule has 0 spiro atoms. The summed E-state index contributed by atoms with van der Waals surface area (Å²) in [4.78, 5) is 112. The van der Waals surface area contributed by atoms with Crippen molar-refractivity contribution in [3.63, 3.8) is 0 Å². The van der Waals surface area contributed by atoms with Crippen LogP contribution < -0.4 is 26.0 Å². The first kappa shape index (κ1) is 51.1. The van der Waals surface area contributed by atoms with Gasteiger partial charge in [-0.15, -0.1) is 0 Å². The minimum Gasteiger partial charge on any atom is -0.481 e. The van der Waals surface area contributed by atoms with Crippen LogP contribution in [0.1, 0.15) is 91.1 Å². The summed E-state index contributed by atoms with van der Waals surface area (Å²) in [6, 6.07) is 6.13. The number of benzene rings is 2. The number of carboxylic acid groups (broad SMARTS) is 2. The molecule has 0 radical (unpaired) electrons. The van der Waals surface area contributed by atoms with E-state index in [1.807, 2.05) is 32.9 Å². The Labute approximate surface area is 375 Å². The van der Waals surface area contributed by atoms with Gasteiger partial charge in [-0.1, -0.05) is 78.8 Å². The van der Waals surface area contributed by atoms with E-state index < -0.39 is 138 Å². The van der Waals surface area contributed by atoms with E-state index in [0.29, 0.717) is 18.4 Å². The van der Waals surface area contributed by atoms with Crippen molar-refractivity contribution in [3.8, 4) is 5.75 Å². The van der Waals surface area contributed by atoms with Gasteiger partial charge in [-0.25, -0.2) is 13.8 Å². The molecule has 0 saturated carbocycles. The number of nitrogens with one attached hydrogen (secondary N) is 4. The summed E-state index contributed by atoms with van der Waals surface area (Å²) >= 11 is 0. The molecule has 2 aromatic carbocycles. The third-order valence-corrected chi connectivity index (χ3v) is 10.9. The molecule has 1 aromatic heterocycles.